The maximum atomic E-state index is 11.9. The van der Waals surface area contributed by atoms with Crippen molar-refractivity contribution in [3.63, 3.8) is 0 Å². The highest BCUT2D eigenvalue weighted by molar-refractivity contribution is 6.74. The highest BCUT2D eigenvalue weighted by atomic mass is 28.4. The average molecular weight is 272 g/mol. The van der Waals surface area contributed by atoms with Crippen LogP contribution in [0.4, 0.5) is 0 Å². The summed E-state index contributed by atoms with van der Waals surface area (Å²) in [5.74, 6) is 0.506. The van der Waals surface area contributed by atoms with E-state index in [0.29, 0.717) is 12.5 Å². The Hall–Kier alpha value is -0.353. The first-order valence-corrected chi connectivity index (χ1v) is 9.67. The summed E-state index contributed by atoms with van der Waals surface area (Å²) in [4.78, 5) is 11.9. The van der Waals surface area contributed by atoms with Crippen LogP contribution in [0.3, 0.4) is 0 Å². The van der Waals surface area contributed by atoms with Crippen molar-refractivity contribution >= 4 is 14.3 Å². The van der Waals surface area contributed by atoms with Gasteiger partial charge in [0.1, 0.15) is 0 Å². The Morgan fingerprint density at radius 1 is 1.33 bits per heavy atom. The molecule has 0 aliphatic heterocycles. The third-order valence-corrected chi connectivity index (χ3v) is 9.09. The Morgan fingerprint density at radius 3 is 2.17 bits per heavy atom. The van der Waals surface area contributed by atoms with Crippen molar-refractivity contribution in [3.8, 4) is 0 Å². The van der Waals surface area contributed by atoms with Crippen molar-refractivity contribution in [2.45, 2.75) is 58.7 Å². The zero-order chi connectivity index (χ0) is 14.2. The highest BCUT2D eigenvalue weighted by Crippen LogP contribution is 2.48. The quantitative estimate of drug-likeness (QED) is 0.579. The molecule has 18 heavy (non-hydrogen) atoms. The Bertz CT molecular complexity index is 311. The molecule has 0 heterocycles. The second-order valence-electron chi connectivity index (χ2n) is 7.33. The molecule has 0 radical (unpaired) electrons. The van der Waals surface area contributed by atoms with E-state index in [1.807, 2.05) is 0 Å². The molecule has 1 aliphatic rings. The number of ether oxygens (including phenoxy) is 1. The smallest absolute Gasteiger partial charge is 0.314 e. The van der Waals surface area contributed by atoms with Crippen molar-refractivity contribution in [2.75, 3.05) is 13.7 Å². The predicted molar refractivity (Wildman–Crippen MR) is 76.0 cm³/mol. The van der Waals surface area contributed by atoms with E-state index in [0.717, 1.165) is 12.8 Å². The molecule has 0 atom stereocenters. The minimum Gasteiger partial charge on any atom is -0.469 e. The highest BCUT2D eigenvalue weighted by Gasteiger charge is 2.51. The fraction of sp³-hybridized carbons (Fsp3) is 0.929. The molecule has 0 bridgehead atoms. The molecular weight excluding hydrogens is 244 g/mol. The minimum absolute atomic E-state index is 0.0979. The summed E-state index contributed by atoms with van der Waals surface area (Å²) in [5, 5.41) is 0.180. The lowest BCUT2D eigenvalue weighted by atomic mass is 9.63. The number of hydrogen-bond acceptors (Lipinski definition) is 3. The van der Waals surface area contributed by atoms with Gasteiger partial charge in [-0.15, -0.1) is 0 Å². The molecule has 0 saturated heterocycles. The lowest BCUT2D eigenvalue weighted by Gasteiger charge is -2.46. The number of carbonyl (C=O) groups is 1. The maximum absolute atomic E-state index is 11.9. The number of methoxy groups -OCH3 is 1. The second kappa shape index (κ2) is 4.97. The first kappa shape index (κ1) is 15.7. The number of hydrogen-bond donors (Lipinski definition) is 0. The van der Waals surface area contributed by atoms with E-state index in [-0.39, 0.29) is 16.4 Å². The third-order valence-electron chi connectivity index (χ3n) is 4.61. The van der Waals surface area contributed by atoms with E-state index in [9.17, 15) is 4.79 Å². The van der Waals surface area contributed by atoms with Crippen molar-refractivity contribution in [3.05, 3.63) is 0 Å². The van der Waals surface area contributed by atoms with Gasteiger partial charge < -0.3 is 9.16 Å². The van der Waals surface area contributed by atoms with Gasteiger partial charge in [-0.2, -0.15) is 0 Å². The summed E-state index contributed by atoms with van der Waals surface area (Å²) >= 11 is 0. The lowest BCUT2D eigenvalue weighted by Crippen LogP contribution is -2.51. The van der Waals surface area contributed by atoms with E-state index >= 15 is 0 Å². The maximum Gasteiger partial charge on any atom is 0.314 e. The summed E-state index contributed by atoms with van der Waals surface area (Å²) in [6.07, 6.45) is 1.79. The van der Waals surface area contributed by atoms with Crippen LogP contribution in [-0.2, 0) is 14.0 Å². The van der Waals surface area contributed by atoms with Crippen LogP contribution in [0.15, 0.2) is 0 Å². The van der Waals surface area contributed by atoms with E-state index in [4.69, 9.17) is 9.16 Å². The van der Waals surface area contributed by atoms with Crippen LogP contribution < -0.4 is 0 Å². The molecule has 106 valence electrons. The van der Waals surface area contributed by atoms with E-state index in [1.54, 1.807) is 0 Å². The largest absolute Gasteiger partial charge is 0.469 e. The van der Waals surface area contributed by atoms with E-state index in [2.05, 4.69) is 40.8 Å². The molecule has 1 saturated carbocycles. The van der Waals surface area contributed by atoms with Gasteiger partial charge in [-0.05, 0) is 36.9 Å². The average Bonchev–Trinajstić information content (AvgIpc) is 2.19. The number of rotatable bonds is 4. The van der Waals surface area contributed by atoms with Crippen molar-refractivity contribution in [1.82, 2.24) is 0 Å². The molecule has 4 heteroatoms. The molecule has 1 rings (SSSR count). The van der Waals surface area contributed by atoms with Crippen LogP contribution in [0.2, 0.25) is 18.1 Å². The van der Waals surface area contributed by atoms with Crippen molar-refractivity contribution in [2.24, 2.45) is 11.3 Å². The summed E-state index contributed by atoms with van der Waals surface area (Å²) in [7, 11) is -0.314. The monoisotopic (exact) mass is 272 g/mol. The van der Waals surface area contributed by atoms with Crippen LogP contribution in [-0.4, -0.2) is 28.0 Å². The lowest BCUT2D eigenvalue weighted by molar-refractivity contribution is -0.165. The van der Waals surface area contributed by atoms with Crippen LogP contribution in [0.25, 0.3) is 0 Å². The van der Waals surface area contributed by atoms with Gasteiger partial charge in [-0.1, -0.05) is 27.7 Å². The molecule has 1 fully saturated rings. The van der Waals surface area contributed by atoms with Gasteiger partial charge in [0, 0.05) is 0 Å². The van der Waals surface area contributed by atoms with Crippen LogP contribution in [0.5, 0.6) is 0 Å². The molecule has 0 aromatic heterocycles. The normalized spacial score (nSPS) is 28.7. The van der Waals surface area contributed by atoms with Crippen molar-refractivity contribution < 1.29 is 14.0 Å². The summed E-state index contributed by atoms with van der Waals surface area (Å²) in [6, 6.07) is 0. The molecule has 0 amide bonds. The second-order valence-corrected chi connectivity index (χ2v) is 12.1. The van der Waals surface area contributed by atoms with Crippen molar-refractivity contribution in [1.29, 1.82) is 0 Å². The zero-order valence-corrected chi connectivity index (χ0v) is 13.9. The van der Waals surface area contributed by atoms with Gasteiger partial charge >= 0.3 is 5.97 Å². The number of carbonyl (C=O) groups excluding carboxylic acids is 1. The van der Waals surface area contributed by atoms with Crippen LogP contribution in [0, 0.1) is 11.3 Å². The van der Waals surface area contributed by atoms with Gasteiger partial charge in [0.2, 0.25) is 0 Å². The molecule has 0 aromatic rings. The minimum atomic E-state index is -1.79. The molecular formula is C14H28O3Si. The summed E-state index contributed by atoms with van der Waals surface area (Å²) < 4.78 is 11.2. The predicted octanol–water partition coefficient (Wildman–Crippen LogP) is 3.60. The Balaban J connectivity index is 2.68. The standard InChI is InChI=1S/C14H28O3Si/c1-11-8-14(9-11,12(15)16-5)10-17-18(6,7)13(2,3)4/h11H,8-10H2,1-7H3/t11-,14+. The van der Waals surface area contributed by atoms with Gasteiger partial charge in [0.15, 0.2) is 8.32 Å². The summed E-state index contributed by atoms with van der Waals surface area (Å²) in [5.41, 5.74) is -0.371. The SMILES string of the molecule is COC(=O)[C@]1(CO[Si](C)(C)C(C)(C)C)C[C@H](C)C1. The van der Waals surface area contributed by atoms with Gasteiger partial charge in [0.25, 0.3) is 0 Å². The zero-order valence-electron chi connectivity index (χ0n) is 12.9. The first-order valence-electron chi connectivity index (χ1n) is 6.76. The van der Waals surface area contributed by atoms with E-state index in [1.165, 1.54) is 7.11 Å². The third kappa shape index (κ3) is 2.97. The Labute approximate surface area is 112 Å². The molecule has 1 aliphatic carbocycles. The van der Waals surface area contributed by atoms with Gasteiger partial charge in [-0.3, -0.25) is 4.79 Å². The first-order chi connectivity index (χ1) is 8.04. The van der Waals surface area contributed by atoms with Gasteiger partial charge in [0.05, 0.1) is 19.1 Å². The number of esters is 1. The van der Waals surface area contributed by atoms with Crippen LogP contribution in [0.1, 0.15) is 40.5 Å². The Kier molecular flexibility index (Phi) is 4.33. The molecule has 0 unspecified atom stereocenters. The van der Waals surface area contributed by atoms with Crippen LogP contribution >= 0.6 is 0 Å². The fourth-order valence-electron chi connectivity index (χ4n) is 2.37. The topological polar surface area (TPSA) is 35.5 Å². The van der Waals surface area contributed by atoms with Gasteiger partial charge in [-0.25, -0.2) is 0 Å². The van der Waals surface area contributed by atoms with E-state index < -0.39 is 8.32 Å². The summed E-state index contributed by atoms with van der Waals surface area (Å²) in [6.45, 7) is 13.8. The fourth-order valence-corrected chi connectivity index (χ4v) is 3.44. The molecule has 0 spiro atoms. The molecule has 0 aromatic carbocycles. The molecule has 3 nitrogen and oxygen atoms in total. The Morgan fingerprint density at radius 2 is 1.83 bits per heavy atom. The molecule has 0 N–H and O–H groups in total.